The van der Waals surface area contributed by atoms with E-state index in [0.29, 0.717) is 61.9 Å². The molecule has 0 bridgehead atoms. The van der Waals surface area contributed by atoms with Gasteiger partial charge in [0.1, 0.15) is 0 Å². The summed E-state index contributed by atoms with van der Waals surface area (Å²) in [5.41, 5.74) is 0.888. The van der Waals surface area contributed by atoms with Crippen LogP contribution in [0.15, 0.2) is 12.1 Å². The fraction of sp³-hybridized carbons (Fsp3) is 0.650. The van der Waals surface area contributed by atoms with E-state index in [1.807, 2.05) is 11.0 Å². The third-order valence-corrected chi connectivity index (χ3v) is 6.03. The van der Waals surface area contributed by atoms with Gasteiger partial charge in [0.15, 0.2) is 11.5 Å². The molecule has 2 saturated heterocycles. The average molecular weight is 411 g/mol. The van der Waals surface area contributed by atoms with E-state index in [4.69, 9.17) is 30.5 Å². The van der Waals surface area contributed by atoms with E-state index in [2.05, 4.69) is 11.9 Å². The fourth-order valence-corrected chi connectivity index (χ4v) is 4.24. The van der Waals surface area contributed by atoms with Crippen LogP contribution in [0.25, 0.3) is 0 Å². The molecule has 2 atom stereocenters. The SMILES string of the molecule is CN(CC1COCCO1)C1CCC(=O)N(Cc2cc3c(cc2Cl)OCO3)CC1. The van der Waals surface area contributed by atoms with Crippen molar-refractivity contribution in [2.45, 2.75) is 38.0 Å². The van der Waals surface area contributed by atoms with E-state index in [-0.39, 0.29) is 18.8 Å². The lowest BCUT2D eigenvalue weighted by atomic mass is 10.1. The smallest absolute Gasteiger partial charge is 0.231 e. The molecule has 0 aliphatic carbocycles. The van der Waals surface area contributed by atoms with Crippen molar-refractivity contribution < 1.29 is 23.7 Å². The number of hydrogen-bond donors (Lipinski definition) is 0. The summed E-state index contributed by atoms with van der Waals surface area (Å²) in [6.45, 7) is 4.21. The predicted molar refractivity (Wildman–Crippen MR) is 104 cm³/mol. The maximum atomic E-state index is 12.7. The summed E-state index contributed by atoms with van der Waals surface area (Å²) in [4.78, 5) is 16.9. The van der Waals surface area contributed by atoms with Gasteiger partial charge >= 0.3 is 0 Å². The average Bonchev–Trinajstić information content (AvgIpc) is 3.06. The van der Waals surface area contributed by atoms with Gasteiger partial charge in [0, 0.05) is 43.2 Å². The van der Waals surface area contributed by atoms with Crippen LogP contribution < -0.4 is 9.47 Å². The first kappa shape index (κ1) is 19.8. The molecule has 7 nitrogen and oxygen atoms in total. The Bertz CT molecular complexity index is 710. The van der Waals surface area contributed by atoms with Gasteiger partial charge in [0.25, 0.3) is 0 Å². The number of halogens is 1. The Labute approximate surface area is 170 Å². The topological polar surface area (TPSA) is 60.5 Å². The van der Waals surface area contributed by atoms with E-state index in [9.17, 15) is 4.79 Å². The largest absolute Gasteiger partial charge is 0.454 e. The van der Waals surface area contributed by atoms with Crippen molar-refractivity contribution >= 4 is 17.5 Å². The van der Waals surface area contributed by atoms with Gasteiger partial charge in [-0.15, -0.1) is 0 Å². The number of fused-ring (bicyclic) bond motifs is 1. The summed E-state index contributed by atoms with van der Waals surface area (Å²) in [7, 11) is 2.11. The number of ether oxygens (including phenoxy) is 4. The number of nitrogens with zero attached hydrogens (tertiary/aromatic N) is 2. The number of benzene rings is 1. The first-order chi connectivity index (χ1) is 13.6. The van der Waals surface area contributed by atoms with E-state index in [0.717, 1.165) is 24.9 Å². The number of rotatable bonds is 5. The van der Waals surface area contributed by atoms with E-state index in [1.165, 1.54) is 0 Å². The van der Waals surface area contributed by atoms with Crippen LogP contribution in [-0.2, 0) is 20.8 Å². The van der Waals surface area contributed by atoms with Crippen molar-refractivity contribution in [2.24, 2.45) is 0 Å². The molecule has 1 aromatic rings. The number of carbonyl (C=O) groups is 1. The lowest BCUT2D eigenvalue weighted by molar-refractivity contribution is -0.131. The summed E-state index contributed by atoms with van der Waals surface area (Å²) >= 11 is 6.40. The van der Waals surface area contributed by atoms with Crippen LogP contribution in [0.1, 0.15) is 24.8 Å². The number of likely N-dealkylation sites (tertiary alicyclic amines) is 1. The molecule has 3 aliphatic heterocycles. The number of hydrogen-bond acceptors (Lipinski definition) is 6. The monoisotopic (exact) mass is 410 g/mol. The van der Waals surface area contributed by atoms with Crippen LogP contribution in [0, 0.1) is 0 Å². The molecule has 0 N–H and O–H groups in total. The molecule has 2 unspecified atom stereocenters. The van der Waals surface area contributed by atoms with Gasteiger partial charge in [-0.3, -0.25) is 4.79 Å². The second kappa shape index (κ2) is 8.86. The van der Waals surface area contributed by atoms with Gasteiger partial charge in [-0.2, -0.15) is 0 Å². The van der Waals surface area contributed by atoms with Gasteiger partial charge in [0.05, 0.1) is 25.9 Å². The Morgan fingerprint density at radius 1 is 1.21 bits per heavy atom. The Morgan fingerprint density at radius 2 is 2.04 bits per heavy atom. The first-order valence-electron chi connectivity index (χ1n) is 9.85. The standard InChI is InChI=1S/C20H27ClN2O5/c1-22(11-16-12-25-6-7-26-16)15-2-3-20(24)23(5-4-15)10-14-8-18-19(9-17(14)21)28-13-27-18/h8-9,15-16H,2-7,10-13H2,1H3. The molecule has 3 heterocycles. The van der Waals surface area contributed by atoms with Crippen molar-refractivity contribution in [3.63, 3.8) is 0 Å². The Morgan fingerprint density at radius 3 is 2.82 bits per heavy atom. The van der Waals surface area contributed by atoms with Crippen molar-refractivity contribution in [3.05, 3.63) is 22.7 Å². The molecular weight excluding hydrogens is 384 g/mol. The molecule has 154 valence electrons. The molecule has 0 aromatic heterocycles. The lowest BCUT2D eigenvalue weighted by Crippen LogP contribution is -2.43. The lowest BCUT2D eigenvalue weighted by Gasteiger charge is -2.32. The highest BCUT2D eigenvalue weighted by Gasteiger charge is 2.28. The first-order valence-corrected chi connectivity index (χ1v) is 10.2. The molecule has 28 heavy (non-hydrogen) atoms. The van der Waals surface area contributed by atoms with Crippen LogP contribution in [0.5, 0.6) is 11.5 Å². The number of likely N-dealkylation sites (N-methyl/N-ethyl adjacent to an activating group) is 1. The zero-order chi connectivity index (χ0) is 19.5. The fourth-order valence-electron chi connectivity index (χ4n) is 4.03. The van der Waals surface area contributed by atoms with Gasteiger partial charge < -0.3 is 28.7 Å². The highest BCUT2D eigenvalue weighted by atomic mass is 35.5. The summed E-state index contributed by atoms with van der Waals surface area (Å²) in [5.74, 6) is 1.52. The quantitative estimate of drug-likeness (QED) is 0.742. The van der Waals surface area contributed by atoms with Crippen molar-refractivity contribution in [1.29, 1.82) is 0 Å². The molecule has 8 heteroatoms. The van der Waals surface area contributed by atoms with Crippen LogP contribution in [0.4, 0.5) is 0 Å². The molecule has 2 fully saturated rings. The van der Waals surface area contributed by atoms with Crippen LogP contribution >= 0.6 is 11.6 Å². The van der Waals surface area contributed by atoms with Crippen molar-refractivity contribution in [1.82, 2.24) is 9.80 Å². The van der Waals surface area contributed by atoms with Gasteiger partial charge in [-0.25, -0.2) is 0 Å². The van der Waals surface area contributed by atoms with Gasteiger partial charge in [-0.1, -0.05) is 11.6 Å². The van der Waals surface area contributed by atoms with Crippen LogP contribution in [0.2, 0.25) is 5.02 Å². The summed E-state index contributed by atoms with van der Waals surface area (Å²) < 4.78 is 22.1. The second-order valence-corrected chi connectivity index (χ2v) is 8.01. The summed E-state index contributed by atoms with van der Waals surface area (Å²) in [6, 6.07) is 4.00. The summed E-state index contributed by atoms with van der Waals surface area (Å²) in [5, 5.41) is 0.601. The van der Waals surface area contributed by atoms with Crippen LogP contribution in [0.3, 0.4) is 0 Å². The second-order valence-electron chi connectivity index (χ2n) is 7.60. The summed E-state index contributed by atoms with van der Waals surface area (Å²) in [6.07, 6.45) is 2.44. The number of amides is 1. The molecule has 0 radical (unpaired) electrons. The number of carbonyl (C=O) groups excluding carboxylic acids is 1. The predicted octanol–water partition coefficient (Wildman–Crippen LogP) is 2.30. The molecule has 1 amide bonds. The Balaban J connectivity index is 1.36. The minimum atomic E-state index is 0.112. The maximum Gasteiger partial charge on any atom is 0.231 e. The molecular formula is C20H27ClN2O5. The van der Waals surface area contributed by atoms with E-state index < -0.39 is 0 Å². The van der Waals surface area contributed by atoms with Crippen molar-refractivity contribution in [3.8, 4) is 11.5 Å². The van der Waals surface area contributed by atoms with Crippen molar-refractivity contribution in [2.75, 3.05) is 46.8 Å². The van der Waals surface area contributed by atoms with Gasteiger partial charge in [0.2, 0.25) is 12.7 Å². The Hall–Kier alpha value is -1.54. The highest BCUT2D eigenvalue weighted by molar-refractivity contribution is 6.31. The zero-order valence-electron chi connectivity index (χ0n) is 16.2. The zero-order valence-corrected chi connectivity index (χ0v) is 17.0. The molecule has 1 aromatic carbocycles. The molecule has 0 spiro atoms. The van der Waals surface area contributed by atoms with E-state index in [1.54, 1.807) is 6.07 Å². The molecule has 0 saturated carbocycles. The molecule has 3 aliphatic rings. The molecule has 4 rings (SSSR count). The van der Waals surface area contributed by atoms with Gasteiger partial charge in [-0.05, 0) is 31.5 Å². The Kier molecular flexibility index (Phi) is 6.25. The maximum absolute atomic E-state index is 12.7. The minimum absolute atomic E-state index is 0.112. The third-order valence-electron chi connectivity index (χ3n) is 5.68. The highest BCUT2D eigenvalue weighted by Crippen LogP contribution is 2.37. The minimum Gasteiger partial charge on any atom is -0.454 e. The van der Waals surface area contributed by atoms with Crippen LogP contribution in [-0.4, -0.2) is 74.6 Å². The van der Waals surface area contributed by atoms with E-state index >= 15 is 0 Å². The third kappa shape index (κ3) is 4.54. The normalized spacial score (nSPS) is 25.2.